The largest absolute Gasteiger partial charge is 0.327 e. The fourth-order valence-electron chi connectivity index (χ4n) is 1.91. The lowest BCUT2D eigenvalue weighted by Crippen LogP contribution is -2.22. The summed E-state index contributed by atoms with van der Waals surface area (Å²) in [4.78, 5) is 0. The van der Waals surface area contributed by atoms with Crippen LogP contribution in [0.15, 0.2) is 54.6 Å². The number of benzene rings is 2. The molecule has 0 amide bonds. The van der Waals surface area contributed by atoms with Crippen molar-refractivity contribution >= 4 is 0 Å². The Morgan fingerprint density at radius 2 is 1.29 bits per heavy atom. The Balaban J connectivity index is 2.25. The normalized spacial score (nSPS) is 14.3. The molecular weight excluding hydrogens is 206 g/mol. The van der Waals surface area contributed by atoms with E-state index in [4.69, 9.17) is 5.73 Å². The van der Waals surface area contributed by atoms with Crippen molar-refractivity contribution in [3.8, 4) is 11.1 Å². The van der Waals surface area contributed by atoms with Gasteiger partial charge >= 0.3 is 0 Å². The van der Waals surface area contributed by atoms with Crippen LogP contribution < -0.4 is 5.73 Å². The van der Waals surface area contributed by atoms with Gasteiger partial charge in [-0.25, -0.2) is 0 Å². The van der Waals surface area contributed by atoms with Gasteiger partial charge < -0.3 is 5.73 Å². The van der Waals surface area contributed by atoms with Gasteiger partial charge in [-0.1, -0.05) is 61.5 Å². The number of nitrogens with two attached hydrogens (primary N) is 1. The zero-order valence-corrected chi connectivity index (χ0v) is 10.4. The highest BCUT2D eigenvalue weighted by molar-refractivity contribution is 5.63. The van der Waals surface area contributed by atoms with E-state index in [9.17, 15) is 0 Å². The first-order valence-corrected chi connectivity index (χ1v) is 6.09. The van der Waals surface area contributed by atoms with E-state index in [0.29, 0.717) is 5.92 Å². The average Bonchev–Trinajstić information content (AvgIpc) is 2.39. The molecule has 0 aromatic heterocycles. The van der Waals surface area contributed by atoms with E-state index < -0.39 is 0 Å². The first-order chi connectivity index (χ1) is 8.18. The highest BCUT2D eigenvalue weighted by Crippen LogP contribution is 2.23. The van der Waals surface area contributed by atoms with E-state index in [-0.39, 0.29) is 6.04 Å². The van der Waals surface area contributed by atoms with Crippen LogP contribution >= 0.6 is 0 Å². The van der Waals surface area contributed by atoms with Crippen molar-refractivity contribution in [3.05, 3.63) is 60.2 Å². The summed E-state index contributed by atoms with van der Waals surface area (Å²) in [5.41, 5.74) is 9.74. The SMILES string of the molecule is CC(N)C(C)c1ccc(-c2ccccc2)cc1. The highest BCUT2D eigenvalue weighted by Gasteiger charge is 2.09. The maximum absolute atomic E-state index is 5.92. The summed E-state index contributed by atoms with van der Waals surface area (Å²) in [6.45, 7) is 4.22. The molecule has 0 aliphatic carbocycles. The molecule has 88 valence electrons. The highest BCUT2D eigenvalue weighted by atomic mass is 14.6. The summed E-state index contributed by atoms with van der Waals surface area (Å²) in [6, 6.07) is 19.3. The van der Waals surface area contributed by atoms with E-state index in [1.54, 1.807) is 0 Å². The van der Waals surface area contributed by atoms with Crippen molar-refractivity contribution in [2.24, 2.45) is 5.73 Å². The molecule has 0 heterocycles. The summed E-state index contributed by atoms with van der Waals surface area (Å²) >= 11 is 0. The van der Waals surface area contributed by atoms with Crippen molar-refractivity contribution in [1.82, 2.24) is 0 Å². The third-order valence-electron chi connectivity index (χ3n) is 3.33. The van der Waals surface area contributed by atoms with Gasteiger partial charge in [0, 0.05) is 6.04 Å². The van der Waals surface area contributed by atoms with Gasteiger partial charge in [0.25, 0.3) is 0 Å². The Morgan fingerprint density at radius 3 is 1.82 bits per heavy atom. The average molecular weight is 225 g/mol. The molecule has 0 saturated heterocycles. The monoisotopic (exact) mass is 225 g/mol. The summed E-state index contributed by atoms with van der Waals surface area (Å²) < 4.78 is 0. The first kappa shape index (κ1) is 11.9. The molecule has 1 nitrogen and oxygen atoms in total. The van der Waals surface area contributed by atoms with Crippen LogP contribution in [0.3, 0.4) is 0 Å². The number of hydrogen-bond donors (Lipinski definition) is 1. The van der Waals surface area contributed by atoms with Crippen LogP contribution in [0.1, 0.15) is 25.3 Å². The van der Waals surface area contributed by atoms with E-state index in [1.165, 1.54) is 16.7 Å². The van der Waals surface area contributed by atoms with Crippen LogP contribution in [0.4, 0.5) is 0 Å². The van der Waals surface area contributed by atoms with E-state index in [1.807, 2.05) is 6.07 Å². The Morgan fingerprint density at radius 1 is 0.765 bits per heavy atom. The molecule has 1 heteroatoms. The quantitative estimate of drug-likeness (QED) is 0.844. The molecule has 2 atom stereocenters. The number of hydrogen-bond acceptors (Lipinski definition) is 1. The molecule has 2 aromatic carbocycles. The van der Waals surface area contributed by atoms with Gasteiger partial charge in [-0.15, -0.1) is 0 Å². The third-order valence-corrected chi connectivity index (χ3v) is 3.33. The van der Waals surface area contributed by atoms with Crippen molar-refractivity contribution in [3.63, 3.8) is 0 Å². The minimum Gasteiger partial charge on any atom is -0.327 e. The smallest absolute Gasteiger partial charge is 0.00766 e. The lowest BCUT2D eigenvalue weighted by molar-refractivity contribution is 0.613. The maximum atomic E-state index is 5.92. The van der Waals surface area contributed by atoms with Gasteiger partial charge in [-0.3, -0.25) is 0 Å². The molecule has 0 spiro atoms. The fourth-order valence-corrected chi connectivity index (χ4v) is 1.91. The van der Waals surface area contributed by atoms with Crippen molar-refractivity contribution in [2.75, 3.05) is 0 Å². The second kappa shape index (κ2) is 5.15. The minimum atomic E-state index is 0.192. The molecule has 0 aliphatic rings. The molecule has 0 bridgehead atoms. The van der Waals surface area contributed by atoms with Crippen LogP contribution in [-0.2, 0) is 0 Å². The van der Waals surface area contributed by atoms with E-state index >= 15 is 0 Å². The van der Waals surface area contributed by atoms with Gasteiger partial charge in [0.2, 0.25) is 0 Å². The summed E-state index contributed by atoms with van der Waals surface area (Å²) in [6.07, 6.45) is 0. The van der Waals surface area contributed by atoms with Crippen LogP contribution in [-0.4, -0.2) is 6.04 Å². The molecule has 2 N–H and O–H groups in total. The maximum Gasteiger partial charge on any atom is 0.00766 e. The molecule has 0 radical (unpaired) electrons. The van der Waals surface area contributed by atoms with Gasteiger partial charge in [0.05, 0.1) is 0 Å². The van der Waals surface area contributed by atoms with Crippen molar-refractivity contribution < 1.29 is 0 Å². The second-order valence-corrected chi connectivity index (χ2v) is 4.64. The van der Waals surface area contributed by atoms with E-state index in [0.717, 1.165) is 0 Å². The van der Waals surface area contributed by atoms with Crippen LogP contribution in [0.25, 0.3) is 11.1 Å². The standard InChI is InChI=1S/C16H19N/c1-12(13(2)17)14-8-10-16(11-9-14)15-6-4-3-5-7-15/h3-13H,17H2,1-2H3. The molecule has 0 fully saturated rings. The van der Waals surface area contributed by atoms with Gasteiger partial charge in [0.1, 0.15) is 0 Å². The molecule has 0 aliphatic heterocycles. The lowest BCUT2D eigenvalue weighted by atomic mass is 9.93. The van der Waals surface area contributed by atoms with Gasteiger partial charge in [-0.2, -0.15) is 0 Å². The summed E-state index contributed by atoms with van der Waals surface area (Å²) in [5, 5.41) is 0. The predicted octanol–water partition coefficient (Wildman–Crippen LogP) is 3.80. The topological polar surface area (TPSA) is 26.0 Å². The predicted molar refractivity (Wildman–Crippen MR) is 73.9 cm³/mol. The van der Waals surface area contributed by atoms with Crippen LogP contribution in [0, 0.1) is 0 Å². The third kappa shape index (κ3) is 2.75. The fraction of sp³-hybridized carbons (Fsp3) is 0.250. The number of rotatable bonds is 3. The zero-order chi connectivity index (χ0) is 12.3. The Hall–Kier alpha value is -1.60. The lowest BCUT2D eigenvalue weighted by Gasteiger charge is -2.16. The zero-order valence-electron chi connectivity index (χ0n) is 10.4. The molecule has 2 rings (SSSR count). The van der Waals surface area contributed by atoms with Gasteiger partial charge in [-0.05, 0) is 29.5 Å². The minimum absolute atomic E-state index is 0.192. The second-order valence-electron chi connectivity index (χ2n) is 4.64. The summed E-state index contributed by atoms with van der Waals surface area (Å²) in [7, 11) is 0. The van der Waals surface area contributed by atoms with E-state index in [2.05, 4.69) is 62.4 Å². The Labute approximate surface area is 103 Å². The van der Waals surface area contributed by atoms with Gasteiger partial charge in [0.15, 0.2) is 0 Å². The molecular formula is C16H19N. The van der Waals surface area contributed by atoms with Crippen molar-refractivity contribution in [1.29, 1.82) is 0 Å². The first-order valence-electron chi connectivity index (χ1n) is 6.09. The van der Waals surface area contributed by atoms with Crippen LogP contribution in [0.2, 0.25) is 0 Å². The molecule has 17 heavy (non-hydrogen) atoms. The molecule has 0 saturated carbocycles. The summed E-state index contributed by atoms with van der Waals surface area (Å²) in [5.74, 6) is 0.403. The van der Waals surface area contributed by atoms with Crippen LogP contribution in [0.5, 0.6) is 0 Å². The molecule has 2 aromatic rings. The molecule has 2 unspecified atom stereocenters. The van der Waals surface area contributed by atoms with Crippen molar-refractivity contribution in [2.45, 2.75) is 25.8 Å². The Kier molecular flexibility index (Phi) is 3.60. The Bertz CT molecular complexity index is 457.